The number of rotatable bonds is 8. The Kier molecular flexibility index (Phi) is 8.21. The number of aromatic nitrogens is 3. The molecule has 2 atom stereocenters. The first kappa shape index (κ1) is 29.1. The van der Waals surface area contributed by atoms with E-state index in [2.05, 4.69) is 25.0 Å². The normalized spacial score (nSPS) is 17.5. The van der Waals surface area contributed by atoms with Crippen LogP contribution in [-0.2, 0) is 11.3 Å². The fourth-order valence-corrected chi connectivity index (χ4v) is 4.61. The lowest BCUT2D eigenvalue weighted by Crippen LogP contribution is -2.45. The van der Waals surface area contributed by atoms with Crippen LogP contribution in [0.3, 0.4) is 0 Å². The van der Waals surface area contributed by atoms with E-state index in [1.807, 2.05) is 18.7 Å². The van der Waals surface area contributed by atoms with Crippen LogP contribution in [0.5, 0.6) is 5.75 Å². The van der Waals surface area contributed by atoms with Crippen molar-refractivity contribution in [1.82, 2.24) is 20.3 Å². The van der Waals surface area contributed by atoms with E-state index in [9.17, 15) is 26.7 Å². The molecule has 1 N–H and O–H groups in total. The summed E-state index contributed by atoms with van der Waals surface area (Å²) in [7, 11) is 0. The number of nitrogens with zero attached hydrogens (tertiary/aromatic N) is 4. The van der Waals surface area contributed by atoms with Gasteiger partial charge in [-0.2, -0.15) is 17.6 Å². The summed E-state index contributed by atoms with van der Waals surface area (Å²) >= 11 is 0. The van der Waals surface area contributed by atoms with E-state index in [1.54, 1.807) is 24.4 Å². The Labute approximate surface area is 237 Å². The Bertz CT molecular complexity index is 1600. The molecule has 3 aromatic heterocycles. The average molecular weight is 588 g/mol. The summed E-state index contributed by atoms with van der Waals surface area (Å²) in [6.45, 7) is 5.00. The summed E-state index contributed by atoms with van der Waals surface area (Å²) in [5.74, 6) is -1.21. The van der Waals surface area contributed by atoms with Crippen LogP contribution < -0.4 is 15.0 Å². The number of halogens is 5. The van der Waals surface area contributed by atoms with E-state index >= 15 is 0 Å². The van der Waals surface area contributed by atoms with Crippen LogP contribution in [0.15, 0.2) is 60.8 Å². The molecule has 1 aliphatic rings. The first-order valence-corrected chi connectivity index (χ1v) is 13.0. The monoisotopic (exact) mass is 587 g/mol. The number of anilines is 1. The van der Waals surface area contributed by atoms with Gasteiger partial charge in [0, 0.05) is 42.4 Å². The highest BCUT2D eigenvalue weighted by molar-refractivity contribution is 5.94. The predicted molar refractivity (Wildman–Crippen MR) is 144 cm³/mol. The number of amides is 1. The van der Waals surface area contributed by atoms with Crippen LogP contribution in [0.4, 0.5) is 27.8 Å². The number of hydrogen-bond acceptors (Lipinski definition) is 7. The van der Waals surface area contributed by atoms with Crippen molar-refractivity contribution in [2.75, 3.05) is 18.0 Å². The SMILES string of the molecule is C[C@@H]1CN(c2cc(F)cc(-c3ccc4cnc(CNC(=O)c5cccc(OC(F)(F)C(F)F)c5)cc4n3)n2)C[C@H](C)O1. The summed E-state index contributed by atoms with van der Waals surface area (Å²) in [5, 5.41) is 3.30. The zero-order valence-corrected chi connectivity index (χ0v) is 22.5. The van der Waals surface area contributed by atoms with Crippen molar-refractivity contribution in [3.63, 3.8) is 0 Å². The van der Waals surface area contributed by atoms with Gasteiger partial charge in [-0.3, -0.25) is 9.78 Å². The van der Waals surface area contributed by atoms with Crippen molar-refractivity contribution >= 4 is 22.6 Å². The van der Waals surface area contributed by atoms with Gasteiger partial charge in [0.2, 0.25) is 0 Å². The van der Waals surface area contributed by atoms with E-state index in [0.29, 0.717) is 46.9 Å². The second kappa shape index (κ2) is 11.8. The Balaban J connectivity index is 1.32. The number of hydrogen-bond donors (Lipinski definition) is 1. The lowest BCUT2D eigenvalue weighted by molar-refractivity contribution is -0.253. The molecule has 8 nitrogen and oxygen atoms in total. The number of pyridine rings is 3. The van der Waals surface area contributed by atoms with Gasteiger partial charge in [0.1, 0.15) is 17.4 Å². The Morgan fingerprint density at radius 2 is 1.83 bits per heavy atom. The number of nitrogens with one attached hydrogen (secondary N) is 1. The number of ether oxygens (including phenoxy) is 2. The Hall–Kier alpha value is -4.39. The van der Waals surface area contributed by atoms with Crippen molar-refractivity contribution < 1.29 is 36.2 Å². The third-order valence-electron chi connectivity index (χ3n) is 6.45. The molecule has 0 spiro atoms. The second-order valence-electron chi connectivity index (χ2n) is 9.93. The molecule has 0 saturated carbocycles. The van der Waals surface area contributed by atoms with Crippen LogP contribution in [0.2, 0.25) is 0 Å². The maximum absolute atomic E-state index is 14.6. The maximum Gasteiger partial charge on any atom is 0.461 e. The number of carbonyl (C=O) groups is 1. The lowest BCUT2D eigenvalue weighted by Gasteiger charge is -2.36. The van der Waals surface area contributed by atoms with Crippen LogP contribution in [-0.4, -0.2) is 58.7 Å². The molecule has 0 aliphatic carbocycles. The summed E-state index contributed by atoms with van der Waals surface area (Å²) in [4.78, 5) is 28.2. The quantitative estimate of drug-likeness (QED) is 0.268. The number of carbonyl (C=O) groups excluding carboxylic acids is 1. The summed E-state index contributed by atoms with van der Waals surface area (Å²) in [6.07, 6.45) is -7.22. The number of morpholine rings is 1. The zero-order valence-electron chi connectivity index (χ0n) is 22.5. The first-order valence-electron chi connectivity index (χ1n) is 13.0. The highest BCUT2D eigenvalue weighted by atomic mass is 19.3. The van der Waals surface area contributed by atoms with Crippen molar-refractivity contribution in [3.8, 4) is 17.1 Å². The molecule has 1 fully saturated rings. The molecule has 1 saturated heterocycles. The minimum atomic E-state index is -4.70. The summed E-state index contributed by atoms with van der Waals surface area (Å²) in [6, 6.07) is 12.4. The standard InChI is InChI=1S/C29H26F5N5O3/c1-16-14-39(15-17(2)41-16)26-10-20(30)9-25(38-26)23-7-6-19-12-35-21(11-24(19)37-23)13-36-27(40)18-4-3-5-22(8-18)42-29(33,34)28(31)32/h3-12,16-17,28H,13-15H2,1-2H3,(H,36,40)/t16-,17+. The van der Waals surface area contributed by atoms with E-state index in [1.165, 1.54) is 24.3 Å². The van der Waals surface area contributed by atoms with Crippen LogP contribution in [0.25, 0.3) is 22.3 Å². The Morgan fingerprint density at radius 1 is 1.07 bits per heavy atom. The molecular weight excluding hydrogens is 561 g/mol. The molecule has 4 heterocycles. The van der Waals surface area contributed by atoms with Gasteiger partial charge in [0.15, 0.2) is 0 Å². The predicted octanol–water partition coefficient (Wildman–Crippen LogP) is 5.61. The highest BCUT2D eigenvalue weighted by Gasteiger charge is 2.44. The summed E-state index contributed by atoms with van der Waals surface area (Å²) in [5.41, 5.74) is 1.68. The molecule has 1 aromatic carbocycles. The Morgan fingerprint density at radius 3 is 2.57 bits per heavy atom. The fraction of sp³-hybridized carbons (Fsp3) is 0.310. The minimum absolute atomic E-state index is 0.0278. The van der Waals surface area contributed by atoms with E-state index in [4.69, 9.17) is 4.74 Å². The molecule has 4 aromatic rings. The molecule has 1 amide bonds. The van der Waals surface area contributed by atoms with Crippen molar-refractivity contribution in [3.05, 3.63) is 77.9 Å². The van der Waals surface area contributed by atoms with Gasteiger partial charge in [0.25, 0.3) is 5.91 Å². The van der Waals surface area contributed by atoms with E-state index in [-0.39, 0.29) is 24.3 Å². The number of benzene rings is 1. The molecule has 0 bridgehead atoms. The van der Waals surface area contributed by atoms with Gasteiger partial charge in [0.05, 0.1) is 41.4 Å². The van der Waals surface area contributed by atoms with Gasteiger partial charge >= 0.3 is 12.5 Å². The van der Waals surface area contributed by atoms with Gasteiger partial charge in [-0.25, -0.2) is 14.4 Å². The van der Waals surface area contributed by atoms with E-state index < -0.39 is 30.0 Å². The van der Waals surface area contributed by atoms with Gasteiger partial charge in [-0.1, -0.05) is 6.07 Å². The van der Waals surface area contributed by atoms with Gasteiger partial charge < -0.3 is 19.7 Å². The van der Waals surface area contributed by atoms with Crippen LogP contribution in [0.1, 0.15) is 29.9 Å². The first-order chi connectivity index (χ1) is 20.0. The number of fused-ring (bicyclic) bond motifs is 1. The molecule has 1 aliphatic heterocycles. The second-order valence-corrected chi connectivity index (χ2v) is 9.93. The van der Waals surface area contributed by atoms with Crippen molar-refractivity contribution in [2.45, 2.75) is 45.1 Å². The average Bonchev–Trinajstić information content (AvgIpc) is 2.94. The zero-order chi connectivity index (χ0) is 30.0. The molecule has 5 rings (SSSR count). The molecule has 42 heavy (non-hydrogen) atoms. The molecule has 0 unspecified atom stereocenters. The fourth-order valence-electron chi connectivity index (χ4n) is 4.61. The lowest BCUT2D eigenvalue weighted by atomic mass is 10.1. The van der Waals surface area contributed by atoms with Crippen LogP contribution >= 0.6 is 0 Å². The van der Waals surface area contributed by atoms with E-state index in [0.717, 1.165) is 12.1 Å². The van der Waals surface area contributed by atoms with Crippen molar-refractivity contribution in [2.24, 2.45) is 0 Å². The highest BCUT2D eigenvalue weighted by Crippen LogP contribution is 2.28. The largest absolute Gasteiger partial charge is 0.461 e. The minimum Gasteiger partial charge on any atom is -0.428 e. The maximum atomic E-state index is 14.6. The third kappa shape index (κ3) is 6.73. The van der Waals surface area contributed by atoms with Gasteiger partial charge in [-0.05, 0) is 50.2 Å². The topological polar surface area (TPSA) is 89.5 Å². The molecule has 0 radical (unpaired) electrons. The van der Waals surface area contributed by atoms with Crippen molar-refractivity contribution in [1.29, 1.82) is 0 Å². The summed E-state index contributed by atoms with van der Waals surface area (Å²) < 4.78 is 75.8. The molecule has 220 valence electrons. The van der Waals surface area contributed by atoms with Crippen LogP contribution in [0, 0.1) is 5.82 Å². The number of alkyl halides is 4. The molecular formula is C29H26F5N5O3. The third-order valence-corrected chi connectivity index (χ3v) is 6.45. The smallest absolute Gasteiger partial charge is 0.428 e. The van der Waals surface area contributed by atoms with Gasteiger partial charge in [-0.15, -0.1) is 0 Å². The molecule has 13 heteroatoms.